The quantitative estimate of drug-likeness (QED) is 0.248. The molecule has 0 saturated heterocycles. The molecule has 2 aromatic heterocycles. The van der Waals surface area contributed by atoms with Crippen molar-refractivity contribution in [3.05, 3.63) is 98.6 Å². The number of carbonyl (C=O) groups excluding carboxylic acids is 1. The van der Waals surface area contributed by atoms with Crippen LogP contribution in [0.3, 0.4) is 0 Å². The van der Waals surface area contributed by atoms with E-state index in [4.69, 9.17) is 28.2 Å². The molecular formula is C30H29Cl2N3OS. The molecule has 1 aliphatic rings. The highest BCUT2D eigenvalue weighted by atomic mass is 35.5. The molecule has 2 heterocycles. The fourth-order valence-corrected chi connectivity index (χ4v) is 6.34. The normalized spacial score (nSPS) is 15.6. The van der Waals surface area contributed by atoms with Gasteiger partial charge in [0.25, 0.3) is 5.91 Å². The van der Waals surface area contributed by atoms with Crippen molar-refractivity contribution in [1.82, 2.24) is 4.57 Å². The van der Waals surface area contributed by atoms with Crippen molar-refractivity contribution in [1.29, 1.82) is 0 Å². The van der Waals surface area contributed by atoms with Crippen molar-refractivity contribution < 1.29 is 4.79 Å². The molecule has 2 aromatic carbocycles. The highest BCUT2D eigenvalue weighted by Gasteiger charge is 2.33. The van der Waals surface area contributed by atoms with Crippen LogP contribution in [-0.2, 0) is 12.8 Å². The van der Waals surface area contributed by atoms with Gasteiger partial charge in [-0.25, -0.2) is 4.99 Å². The number of aromatic nitrogens is 1. The number of rotatable bonds is 5. The second kappa shape index (κ2) is 10.5. The van der Waals surface area contributed by atoms with Crippen LogP contribution in [0.15, 0.2) is 71.9 Å². The third-order valence-electron chi connectivity index (χ3n) is 7.00. The molecule has 37 heavy (non-hydrogen) atoms. The summed E-state index contributed by atoms with van der Waals surface area (Å²) < 4.78 is 2.05. The number of nitrogens with zero attached hydrogens (tertiary/aromatic N) is 2. The van der Waals surface area contributed by atoms with Gasteiger partial charge in [-0.15, -0.1) is 11.3 Å². The van der Waals surface area contributed by atoms with E-state index < -0.39 is 0 Å². The lowest BCUT2D eigenvalue weighted by atomic mass is 9.72. The average molecular weight is 551 g/mol. The second-order valence-corrected chi connectivity index (χ2v) is 12.4. The molecule has 0 saturated carbocycles. The van der Waals surface area contributed by atoms with Crippen molar-refractivity contribution in [2.45, 2.75) is 40.0 Å². The first-order chi connectivity index (χ1) is 17.7. The molecule has 0 unspecified atom stereocenters. The summed E-state index contributed by atoms with van der Waals surface area (Å²) in [4.78, 5) is 19.7. The van der Waals surface area contributed by atoms with Crippen LogP contribution >= 0.6 is 34.5 Å². The fourth-order valence-electron chi connectivity index (χ4n) is 4.82. The van der Waals surface area contributed by atoms with E-state index in [2.05, 4.69) is 30.7 Å². The van der Waals surface area contributed by atoms with E-state index in [1.807, 2.05) is 60.9 Å². The van der Waals surface area contributed by atoms with Gasteiger partial charge in [0.05, 0.1) is 17.5 Å². The fraction of sp³-hybridized carbons (Fsp3) is 0.267. The van der Waals surface area contributed by atoms with Crippen molar-refractivity contribution in [2.24, 2.45) is 16.3 Å². The number of aliphatic imine (C=N–C) groups is 1. The Kier molecular flexibility index (Phi) is 7.30. The van der Waals surface area contributed by atoms with Gasteiger partial charge in [-0.05, 0) is 96.8 Å². The molecule has 4 aromatic rings. The van der Waals surface area contributed by atoms with Crippen molar-refractivity contribution >= 4 is 57.3 Å². The van der Waals surface area contributed by atoms with Crippen LogP contribution in [0, 0.1) is 11.3 Å². The molecule has 7 heteroatoms. The molecule has 0 fully saturated rings. The zero-order chi connectivity index (χ0) is 26.2. The molecule has 0 radical (unpaired) electrons. The summed E-state index contributed by atoms with van der Waals surface area (Å²) >= 11 is 13.8. The molecule has 0 aliphatic heterocycles. The standard InChI is InChI=1S/C30H29Cl2N3OS/c1-30(2,3)19-6-15-25-26(17-19)37-29(27(25)28(36)34-22-11-7-20(31)8-12-22)33-18-24-5-4-16-35(24)23-13-9-21(32)10-14-23/h4-5,7-14,16,18-19H,6,15,17H2,1-3H3,(H,34,36)/t19-/m1/s1. The lowest BCUT2D eigenvalue weighted by molar-refractivity contribution is 0.102. The van der Waals surface area contributed by atoms with Crippen molar-refractivity contribution in [2.75, 3.05) is 5.32 Å². The van der Waals surface area contributed by atoms with Crippen LogP contribution < -0.4 is 5.32 Å². The third-order valence-corrected chi connectivity index (χ3v) is 8.67. The Bertz CT molecular complexity index is 1440. The lowest BCUT2D eigenvalue weighted by Gasteiger charge is -2.33. The Morgan fingerprint density at radius 3 is 2.41 bits per heavy atom. The monoisotopic (exact) mass is 549 g/mol. The number of benzene rings is 2. The molecular weight excluding hydrogens is 521 g/mol. The molecule has 0 bridgehead atoms. The van der Waals surface area contributed by atoms with Crippen LogP contribution in [0.25, 0.3) is 5.69 Å². The summed E-state index contributed by atoms with van der Waals surface area (Å²) in [7, 11) is 0. The average Bonchev–Trinajstić information content (AvgIpc) is 3.48. The van der Waals surface area contributed by atoms with Gasteiger partial charge < -0.3 is 9.88 Å². The number of anilines is 1. The first kappa shape index (κ1) is 25.8. The third kappa shape index (κ3) is 5.69. The van der Waals surface area contributed by atoms with Crippen LogP contribution in [0.5, 0.6) is 0 Å². The van der Waals surface area contributed by atoms with Gasteiger partial charge in [-0.1, -0.05) is 44.0 Å². The van der Waals surface area contributed by atoms with Gasteiger partial charge >= 0.3 is 0 Å². The summed E-state index contributed by atoms with van der Waals surface area (Å²) in [6.07, 6.45) is 6.75. The first-order valence-corrected chi connectivity index (χ1v) is 13.9. The summed E-state index contributed by atoms with van der Waals surface area (Å²) in [6, 6.07) is 18.9. The molecule has 0 spiro atoms. The maximum absolute atomic E-state index is 13.6. The Morgan fingerprint density at radius 1 is 1.05 bits per heavy atom. The van der Waals surface area contributed by atoms with E-state index in [9.17, 15) is 4.79 Å². The van der Waals surface area contributed by atoms with Gasteiger partial charge in [-0.2, -0.15) is 0 Å². The minimum atomic E-state index is -0.130. The first-order valence-electron chi connectivity index (χ1n) is 12.4. The summed E-state index contributed by atoms with van der Waals surface area (Å²) in [6.45, 7) is 6.90. The minimum Gasteiger partial charge on any atom is -0.322 e. The molecule has 1 amide bonds. The predicted molar refractivity (Wildman–Crippen MR) is 157 cm³/mol. The van der Waals surface area contributed by atoms with E-state index in [0.29, 0.717) is 27.2 Å². The Balaban J connectivity index is 1.50. The van der Waals surface area contributed by atoms with E-state index >= 15 is 0 Å². The molecule has 1 aliphatic carbocycles. The van der Waals surface area contributed by atoms with Crippen LogP contribution in [0.2, 0.25) is 10.0 Å². The van der Waals surface area contributed by atoms with Gasteiger partial charge in [0.2, 0.25) is 0 Å². The topological polar surface area (TPSA) is 46.4 Å². The van der Waals surface area contributed by atoms with Gasteiger partial charge in [0, 0.05) is 32.5 Å². The molecule has 1 N–H and O–H groups in total. The number of hydrogen-bond acceptors (Lipinski definition) is 3. The zero-order valence-electron chi connectivity index (χ0n) is 21.1. The molecule has 1 atom stereocenters. The molecule has 4 nitrogen and oxygen atoms in total. The largest absolute Gasteiger partial charge is 0.322 e. The van der Waals surface area contributed by atoms with E-state index in [1.54, 1.807) is 23.5 Å². The smallest absolute Gasteiger partial charge is 0.259 e. The van der Waals surface area contributed by atoms with Crippen molar-refractivity contribution in [3.8, 4) is 5.69 Å². The van der Waals surface area contributed by atoms with E-state index in [0.717, 1.165) is 41.2 Å². The molecule has 5 rings (SSSR count). The minimum absolute atomic E-state index is 0.130. The molecule has 190 valence electrons. The zero-order valence-corrected chi connectivity index (χ0v) is 23.4. The van der Waals surface area contributed by atoms with Crippen LogP contribution in [0.1, 0.15) is 53.7 Å². The van der Waals surface area contributed by atoms with Gasteiger partial charge in [-0.3, -0.25) is 4.79 Å². The Hall–Kier alpha value is -2.86. The summed E-state index contributed by atoms with van der Waals surface area (Å²) in [5.74, 6) is 0.444. The Morgan fingerprint density at radius 2 is 1.73 bits per heavy atom. The number of amides is 1. The summed E-state index contributed by atoms with van der Waals surface area (Å²) in [5, 5.41) is 5.13. The SMILES string of the molecule is CC(C)(C)[C@@H]1CCc2c(sc(N=Cc3cccn3-c3ccc(Cl)cc3)c2C(=O)Nc2ccc(Cl)cc2)C1. The highest BCUT2D eigenvalue weighted by Crippen LogP contribution is 2.45. The maximum atomic E-state index is 13.6. The van der Waals surface area contributed by atoms with Crippen LogP contribution in [0.4, 0.5) is 10.7 Å². The van der Waals surface area contributed by atoms with Gasteiger partial charge in [0.15, 0.2) is 0 Å². The number of carbonyl (C=O) groups is 1. The number of hydrogen-bond donors (Lipinski definition) is 1. The van der Waals surface area contributed by atoms with Crippen molar-refractivity contribution in [3.63, 3.8) is 0 Å². The predicted octanol–water partition coefficient (Wildman–Crippen LogP) is 9.00. The Labute approximate surface area is 232 Å². The second-order valence-electron chi connectivity index (χ2n) is 10.5. The van der Waals surface area contributed by atoms with E-state index in [1.165, 1.54) is 4.88 Å². The lowest BCUT2D eigenvalue weighted by Crippen LogP contribution is -2.27. The highest BCUT2D eigenvalue weighted by molar-refractivity contribution is 7.16. The van der Waals surface area contributed by atoms with E-state index in [-0.39, 0.29) is 11.3 Å². The maximum Gasteiger partial charge on any atom is 0.259 e. The van der Waals surface area contributed by atoms with Crippen LogP contribution in [-0.4, -0.2) is 16.7 Å². The number of halogens is 2. The number of thiophene rings is 1. The number of nitrogens with one attached hydrogen (secondary N) is 1. The van der Waals surface area contributed by atoms with Gasteiger partial charge in [0.1, 0.15) is 5.00 Å². The summed E-state index contributed by atoms with van der Waals surface area (Å²) in [5.41, 5.74) is 4.67. The number of fused-ring (bicyclic) bond motifs is 1.